The maximum absolute atomic E-state index is 4.09. The topological polar surface area (TPSA) is 30.7 Å². The highest BCUT2D eigenvalue weighted by atomic mass is 79.9. The van der Waals surface area contributed by atoms with Crippen LogP contribution in [0.3, 0.4) is 0 Å². The van der Waals surface area contributed by atoms with Gasteiger partial charge in [0.05, 0.1) is 5.69 Å². The van der Waals surface area contributed by atoms with E-state index in [1.54, 1.807) is 0 Å². The molecule has 0 atom stereocenters. The average molecular weight is 232 g/mol. The maximum Gasteiger partial charge on any atom is 0.127 e. The number of aryl methyl sites for hydroxylation is 1. The molecule has 0 spiro atoms. The van der Waals surface area contributed by atoms with Crippen LogP contribution in [0.5, 0.6) is 0 Å². The monoisotopic (exact) mass is 231 g/mol. The van der Waals surface area contributed by atoms with Crippen LogP contribution in [0, 0.1) is 0 Å². The summed E-state index contributed by atoms with van der Waals surface area (Å²) < 4.78 is 2.92. The van der Waals surface area contributed by atoms with Crippen LogP contribution in [0.2, 0.25) is 0 Å². The van der Waals surface area contributed by atoms with Gasteiger partial charge in [0.25, 0.3) is 0 Å². The molecule has 0 saturated heterocycles. The molecule has 68 valence electrons. The van der Waals surface area contributed by atoms with Crippen molar-refractivity contribution < 1.29 is 0 Å². The highest BCUT2D eigenvalue weighted by molar-refractivity contribution is 9.10. The molecule has 0 unspecified atom stereocenters. The van der Waals surface area contributed by atoms with E-state index in [-0.39, 0.29) is 0 Å². The van der Waals surface area contributed by atoms with Gasteiger partial charge in [0.2, 0.25) is 0 Å². The Bertz CT molecular complexity index is 255. The molecule has 1 heterocycles. The molecule has 0 radical (unpaired) electrons. The van der Waals surface area contributed by atoms with Gasteiger partial charge in [-0.1, -0.05) is 18.6 Å². The van der Waals surface area contributed by atoms with Crippen molar-refractivity contribution in [1.82, 2.24) is 15.0 Å². The van der Waals surface area contributed by atoms with E-state index in [2.05, 4.69) is 47.0 Å². The van der Waals surface area contributed by atoms with Crippen molar-refractivity contribution in [3.63, 3.8) is 0 Å². The normalized spacial score (nSPS) is 11.1. The second-order valence-electron chi connectivity index (χ2n) is 3.12. The number of halogens is 1. The van der Waals surface area contributed by atoms with Crippen molar-refractivity contribution in [3.05, 3.63) is 10.3 Å². The second kappa shape index (κ2) is 4.03. The van der Waals surface area contributed by atoms with Crippen LogP contribution in [0.25, 0.3) is 0 Å². The van der Waals surface area contributed by atoms with Gasteiger partial charge in [0.15, 0.2) is 0 Å². The van der Waals surface area contributed by atoms with Gasteiger partial charge in [0.1, 0.15) is 4.60 Å². The van der Waals surface area contributed by atoms with Gasteiger partial charge in [-0.15, -0.1) is 5.10 Å². The van der Waals surface area contributed by atoms with Crippen LogP contribution < -0.4 is 0 Å². The first-order valence-corrected chi connectivity index (χ1v) is 5.05. The molecule has 0 bridgehead atoms. The molecular weight excluding hydrogens is 218 g/mol. The van der Waals surface area contributed by atoms with Gasteiger partial charge in [-0.25, -0.2) is 4.68 Å². The van der Waals surface area contributed by atoms with E-state index in [0.29, 0.717) is 6.04 Å². The highest BCUT2D eigenvalue weighted by Gasteiger charge is 2.10. The zero-order valence-electron chi connectivity index (χ0n) is 7.71. The molecule has 1 aromatic rings. The van der Waals surface area contributed by atoms with E-state index in [1.165, 1.54) is 0 Å². The van der Waals surface area contributed by atoms with Crippen molar-refractivity contribution in [1.29, 1.82) is 0 Å². The predicted molar refractivity (Wildman–Crippen MR) is 52.1 cm³/mol. The Morgan fingerprint density at radius 2 is 2.17 bits per heavy atom. The molecular formula is C8H14BrN3. The van der Waals surface area contributed by atoms with E-state index in [9.17, 15) is 0 Å². The highest BCUT2D eigenvalue weighted by Crippen LogP contribution is 2.18. The molecule has 0 N–H and O–H groups in total. The van der Waals surface area contributed by atoms with Crippen LogP contribution in [0.4, 0.5) is 0 Å². The number of nitrogens with zero attached hydrogens (tertiary/aromatic N) is 3. The zero-order valence-corrected chi connectivity index (χ0v) is 9.30. The van der Waals surface area contributed by atoms with Crippen LogP contribution >= 0.6 is 15.9 Å². The SMILES string of the molecule is CCCc1nnn(C(C)C)c1Br. The average Bonchev–Trinajstić information content (AvgIpc) is 2.34. The first-order valence-electron chi connectivity index (χ1n) is 4.26. The van der Waals surface area contributed by atoms with E-state index in [0.717, 1.165) is 23.1 Å². The lowest BCUT2D eigenvalue weighted by atomic mass is 10.3. The Labute approximate surface area is 81.3 Å². The Hall–Kier alpha value is -0.380. The van der Waals surface area contributed by atoms with E-state index >= 15 is 0 Å². The van der Waals surface area contributed by atoms with Crippen molar-refractivity contribution in [2.75, 3.05) is 0 Å². The lowest BCUT2D eigenvalue weighted by Crippen LogP contribution is -2.03. The fourth-order valence-electron chi connectivity index (χ4n) is 1.03. The number of hydrogen-bond acceptors (Lipinski definition) is 2. The fraction of sp³-hybridized carbons (Fsp3) is 0.750. The lowest BCUT2D eigenvalue weighted by molar-refractivity contribution is 0.505. The Kier molecular flexibility index (Phi) is 3.26. The third-order valence-electron chi connectivity index (χ3n) is 1.68. The largest absolute Gasteiger partial charge is 0.235 e. The Morgan fingerprint density at radius 3 is 2.58 bits per heavy atom. The van der Waals surface area contributed by atoms with Gasteiger partial charge in [-0.3, -0.25) is 0 Å². The Morgan fingerprint density at radius 1 is 1.50 bits per heavy atom. The number of hydrogen-bond donors (Lipinski definition) is 0. The minimum absolute atomic E-state index is 0.373. The molecule has 0 aliphatic rings. The molecule has 0 fully saturated rings. The summed E-state index contributed by atoms with van der Waals surface area (Å²) in [6.07, 6.45) is 2.10. The summed E-state index contributed by atoms with van der Waals surface area (Å²) in [5.41, 5.74) is 1.06. The van der Waals surface area contributed by atoms with Crippen molar-refractivity contribution in [2.45, 2.75) is 39.7 Å². The summed E-state index contributed by atoms with van der Waals surface area (Å²) in [4.78, 5) is 0. The number of aromatic nitrogens is 3. The molecule has 1 rings (SSSR count). The minimum Gasteiger partial charge on any atom is -0.235 e. The zero-order chi connectivity index (χ0) is 9.14. The molecule has 12 heavy (non-hydrogen) atoms. The molecule has 0 saturated carbocycles. The smallest absolute Gasteiger partial charge is 0.127 e. The van der Waals surface area contributed by atoms with Crippen LogP contribution in [0.15, 0.2) is 4.60 Å². The molecule has 0 aromatic carbocycles. The molecule has 0 amide bonds. The Balaban J connectivity index is 2.88. The summed E-state index contributed by atoms with van der Waals surface area (Å²) in [6, 6.07) is 0.373. The van der Waals surface area contributed by atoms with Gasteiger partial charge < -0.3 is 0 Å². The fourth-order valence-corrected chi connectivity index (χ4v) is 1.79. The van der Waals surface area contributed by atoms with Gasteiger partial charge in [-0.2, -0.15) is 0 Å². The van der Waals surface area contributed by atoms with Gasteiger partial charge in [0, 0.05) is 6.04 Å². The van der Waals surface area contributed by atoms with Gasteiger partial charge in [-0.05, 0) is 36.2 Å². The van der Waals surface area contributed by atoms with E-state index in [1.807, 2.05) is 4.68 Å². The predicted octanol–water partition coefficient (Wildman–Crippen LogP) is 2.57. The molecule has 3 nitrogen and oxygen atoms in total. The van der Waals surface area contributed by atoms with E-state index in [4.69, 9.17) is 0 Å². The standard InChI is InChI=1S/C8H14BrN3/c1-4-5-7-8(9)12(6(2)3)11-10-7/h6H,4-5H2,1-3H3. The first-order chi connectivity index (χ1) is 5.66. The quantitative estimate of drug-likeness (QED) is 0.801. The second-order valence-corrected chi connectivity index (χ2v) is 3.87. The first kappa shape index (κ1) is 9.71. The molecule has 0 aliphatic heterocycles. The molecule has 0 aliphatic carbocycles. The third-order valence-corrected chi connectivity index (χ3v) is 2.50. The van der Waals surface area contributed by atoms with Crippen LogP contribution in [-0.4, -0.2) is 15.0 Å². The summed E-state index contributed by atoms with van der Waals surface area (Å²) in [5, 5.41) is 8.15. The van der Waals surface area contributed by atoms with Crippen molar-refractivity contribution in [3.8, 4) is 0 Å². The summed E-state index contributed by atoms with van der Waals surface area (Å²) in [5.74, 6) is 0. The van der Waals surface area contributed by atoms with Crippen molar-refractivity contribution >= 4 is 15.9 Å². The third kappa shape index (κ3) is 1.86. The summed E-state index contributed by atoms with van der Waals surface area (Å²) >= 11 is 3.49. The van der Waals surface area contributed by atoms with Gasteiger partial charge >= 0.3 is 0 Å². The molecule has 4 heteroatoms. The maximum atomic E-state index is 4.09. The van der Waals surface area contributed by atoms with Crippen LogP contribution in [0.1, 0.15) is 38.9 Å². The summed E-state index contributed by atoms with van der Waals surface area (Å²) in [6.45, 7) is 6.32. The van der Waals surface area contributed by atoms with Crippen LogP contribution in [-0.2, 0) is 6.42 Å². The lowest BCUT2D eigenvalue weighted by Gasteiger charge is -2.04. The number of rotatable bonds is 3. The minimum atomic E-state index is 0.373. The van der Waals surface area contributed by atoms with Crippen molar-refractivity contribution in [2.24, 2.45) is 0 Å². The summed E-state index contributed by atoms with van der Waals surface area (Å²) in [7, 11) is 0. The van der Waals surface area contributed by atoms with E-state index < -0.39 is 0 Å². The molecule has 1 aromatic heterocycles.